The molecule has 1 aliphatic heterocycles. The Morgan fingerprint density at radius 2 is 2.18 bits per heavy atom. The van der Waals surface area contributed by atoms with Crippen LogP contribution < -0.4 is 16.4 Å². The lowest BCUT2D eigenvalue weighted by atomic mass is 10.0. The van der Waals surface area contributed by atoms with Gasteiger partial charge in [0.25, 0.3) is 0 Å². The van der Waals surface area contributed by atoms with E-state index >= 15 is 0 Å². The second-order valence-electron chi connectivity index (χ2n) is 4.93. The maximum absolute atomic E-state index is 11.7. The van der Waals surface area contributed by atoms with Crippen LogP contribution in [0.4, 0.5) is 5.69 Å². The summed E-state index contributed by atoms with van der Waals surface area (Å²) in [6, 6.07) is 5.97. The lowest BCUT2D eigenvalue weighted by Crippen LogP contribution is -2.35. The maximum Gasteiger partial charge on any atom is 0.339 e. The highest BCUT2D eigenvalue weighted by Gasteiger charge is 2.15. The summed E-state index contributed by atoms with van der Waals surface area (Å²) < 4.78 is 4.78. The smallest absolute Gasteiger partial charge is 0.339 e. The Morgan fingerprint density at radius 1 is 1.45 bits per heavy atom. The van der Waals surface area contributed by atoms with Crippen LogP contribution in [0, 0.1) is 11.8 Å². The SMILES string of the molecule is COC(=O)c1ccc(NC2CCNCC2)cc1C#CCN.Cl. The fraction of sp³-hybridized carbons (Fsp3) is 0.438. The highest BCUT2D eigenvalue weighted by atomic mass is 35.5. The van der Waals surface area contributed by atoms with Gasteiger partial charge in [-0.3, -0.25) is 0 Å². The van der Waals surface area contributed by atoms with Crippen LogP contribution in [0.5, 0.6) is 0 Å². The van der Waals surface area contributed by atoms with E-state index in [4.69, 9.17) is 10.5 Å². The van der Waals surface area contributed by atoms with Gasteiger partial charge in [-0.25, -0.2) is 4.79 Å². The van der Waals surface area contributed by atoms with Gasteiger partial charge in [-0.15, -0.1) is 12.4 Å². The molecule has 0 saturated carbocycles. The quantitative estimate of drug-likeness (QED) is 0.578. The Balaban J connectivity index is 0.00000242. The molecule has 5 nitrogen and oxygen atoms in total. The van der Waals surface area contributed by atoms with Crippen molar-refractivity contribution in [2.45, 2.75) is 18.9 Å². The van der Waals surface area contributed by atoms with Crippen LogP contribution in [0.3, 0.4) is 0 Å². The number of hydrogen-bond donors (Lipinski definition) is 3. The minimum atomic E-state index is -0.385. The number of carbonyl (C=O) groups is 1. The number of nitrogens with two attached hydrogens (primary N) is 1. The highest BCUT2D eigenvalue weighted by molar-refractivity contribution is 5.93. The van der Waals surface area contributed by atoms with E-state index in [2.05, 4.69) is 22.5 Å². The van der Waals surface area contributed by atoms with E-state index < -0.39 is 0 Å². The maximum atomic E-state index is 11.7. The van der Waals surface area contributed by atoms with Crippen molar-refractivity contribution in [3.63, 3.8) is 0 Å². The number of carbonyl (C=O) groups excluding carboxylic acids is 1. The Bertz CT molecular complexity index is 560. The summed E-state index contributed by atoms with van der Waals surface area (Å²) in [6.45, 7) is 2.31. The predicted molar refractivity (Wildman–Crippen MR) is 90.5 cm³/mol. The van der Waals surface area contributed by atoms with Crippen LogP contribution >= 0.6 is 12.4 Å². The molecule has 1 aromatic rings. The molecule has 1 saturated heterocycles. The molecule has 0 spiro atoms. The summed E-state index contributed by atoms with van der Waals surface area (Å²) in [6.07, 6.45) is 2.17. The molecule has 0 bridgehead atoms. The van der Waals surface area contributed by atoms with E-state index in [0.29, 0.717) is 17.2 Å². The number of methoxy groups -OCH3 is 1. The van der Waals surface area contributed by atoms with Crippen LogP contribution in [-0.2, 0) is 4.74 Å². The molecule has 22 heavy (non-hydrogen) atoms. The monoisotopic (exact) mass is 323 g/mol. The number of halogens is 1. The van der Waals surface area contributed by atoms with Crippen molar-refractivity contribution in [3.8, 4) is 11.8 Å². The largest absolute Gasteiger partial charge is 0.465 e. The Labute approximate surface area is 137 Å². The van der Waals surface area contributed by atoms with E-state index in [0.717, 1.165) is 31.6 Å². The number of hydrogen-bond acceptors (Lipinski definition) is 5. The Hall–Kier alpha value is -1.74. The van der Waals surface area contributed by atoms with Crippen molar-refractivity contribution in [1.82, 2.24) is 5.32 Å². The molecule has 1 heterocycles. The number of nitrogens with one attached hydrogen (secondary N) is 2. The van der Waals surface area contributed by atoms with Gasteiger partial charge in [-0.2, -0.15) is 0 Å². The number of ether oxygens (including phenoxy) is 1. The first-order chi connectivity index (χ1) is 10.2. The van der Waals surface area contributed by atoms with Crippen molar-refractivity contribution < 1.29 is 9.53 Å². The molecule has 6 heteroatoms. The summed E-state index contributed by atoms with van der Waals surface area (Å²) in [5, 5.41) is 6.82. The molecule has 0 unspecified atom stereocenters. The number of anilines is 1. The molecule has 0 amide bonds. The standard InChI is InChI=1S/C16H21N3O2.ClH/c1-21-16(20)15-5-4-14(11-12(15)3-2-8-17)19-13-6-9-18-10-7-13;/h4-5,11,13,18-19H,6-10,17H2,1H3;1H. The van der Waals surface area contributed by atoms with Crippen molar-refractivity contribution in [1.29, 1.82) is 0 Å². The molecule has 0 aliphatic carbocycles. The Morgan fingerprint density at radius 3 is 2.82 bits per heavy atom. The third-order valence-electron chi connectivity index (χ3n) is 3.46. The summed E-state index contributed by atoms with van der Waals surface area (Å²) in [5.41, 5.74) is 7.49. The number of benzene rings is 1. The van der Waals surface area contributed by atoms with Gasteiger partial charge in [-0.1, -0.05) is 11.8 Å². The van der Waals surface area contributed by atoms with Crippen LogP contribution in [0.25, 0.3) is 0 Å². The zero-order chi connectivity index (χ0) is 15.1. The van der Waals surface area contributed by atoms with Crippen molar-refractivity contribution >= 4 is 24.1 Å². The van der Waals surface area contributed by atoms with Crippen LogP contribution in [-0.4, -0.2) is 38.8 Å². The molecule has 1 fully saturated rings. The van der Waals surface area contributed by atoms with Crippen LogP contribution in [0.2, 0.25) is 0 Å². The van der Waals surface area contributed by atoms with Gasteiger partial charge in [0.15, 0.2) is 0 Å². The molecule has 0 aromatic heterocycles. The minimum absolute atomic E-state index is 0. The molecular formula is C16H22ClN3O2. The van der Waals surface area contributed by atoms with Gasteiger partial charge in [0.1, 0.15) is 0 Å². The summed E-state index contributed by atoms with van der Waals surface area (Å²) in [4.78, 5) is 11.7. The zero-order valence-corrected chi connectivity index (χ0v) is 13.5. The molecular weight excluding hydrogens is 302 g/mol. The van der Waals surface area contributed by atoms with Crippen LogP contribution in [0.1, 0.15) is 28.8 Å². The summed E-state index contributed by atoms with van der Waals surface area (Å²) >= 11 is 0. The van der Waals surface area contributed by atoms with Crippen LogP contribution in [0.15, 0.2) is 18.2 Å². The van der Waals surface area contributed by atoms with E-state index in [1.807, 2.05) is 12.1 Å². The first-order valence-electron chi connectivity index (χ1n) is 7.13. The predicted octanol–water partition coefficient (Wildman–Crippen LogP) is 1.37. The van der Waals surface area contributed by atoms with Gasteiger partial charge >= 0.3 is 5.97 Å². The first-order valence-corrected chi connectivity index (χ1v) is 7.13. The molecule has 0 radical (unpaired) electrons. The van der Waals surface area contributed by atoms with Gasteiger partial charge < -0.3 is 21.1 Å². The number of esters is 1. The number of piperidine rings is 1. The number of rotatable bonds is 3. The summed E-state index contributed by atoms with van der Waals surface area (Å²) in [7, 11) is 1.36. The second kappa shape index (κ2) is 9.31. The Kier molecular flexibility index (Phi) is 7.75. The van der Waals surface area contributed by atoms with Gasteiger partial charge in [0.2, 0.25) is 0 Å². The van der Waals surface area contributed by atoms with E-state index in [9.17, 15) is 4.79 Å². The summed E-state index contributed by atoms with van der Waals surface area (Å²) in [5.74, 6) is 5.34. The molecule has 2 rings (SSSR count). The molecule has 0 atom stereocenters. The molecule has 120 valence electrons. The normalized spacial score (nSPS) is 14.3. The average molecular weight is 324 g/mol. The van der Waals surface area contributed by atoms with Crippen molar-refractivity contribution in [2.24, 2.45) is 5.73 Å². The van der Waals surface area contributed by atoms with E-state index in [1.165, 1.54) is 7.11 Å². The van der Waals surface area contributed by atoms with Gasteiger partial charge in [0, 0.05) is 17.3 Å². The molecule has 1 aromatic carbocycles. The van der Waals surface area contributed by atoms with Crippen molar-refractivity contribution in [2.75, 3.05) is 32.1 Å². The average Bonchev–Trinajstić information content (AvgIpc) is 2.53. The lowest BCUT2D eigenvalue weighted by Gasteiger charge is -2.24. The highest BCUT2D eigenvalue weighted by Crippen LogP contribution is 2.19. The third kappa shape index (κ3) is 4.92. The van der Waals surface area contributed by atoms with E-state index in [-0.39, 0.29) is 24.9 Å². The van der Waals surface area contributed by atoms with E-state index in [1.54, 1.807) is 6.07 Å². The fourth-order valence-electron chi connectivity index (χ4n) is 2.37. The lowest BCUT2D eigenvalue weighted by molar-refractivity contribution is 0.0600. The third-order valence-corrected chi connectivity index (χ3v) is 3.46. The molecule has 4 N–H and O–H groups in total. The zero-order valence-electron chi connectivity index (χ0n) is 12.6. The second-order valence-corrected chi connectivity index (χ2v) is 4.93. The minimum Gasteiger partial charge on any atom is -0.465 e. The van der Waals surface area contributed by atoms with Gasteiger partial charge in [-0.05, 0) is 44.1 Å². The van der Waals surface area contributed by atoms with Crippen molar-refractivity contribution in [3.05, 3.63) is 29.3 Å². The molecule has 1 aliphatic rings. The first kappa shape index (κ1) is 18.3. The fourth-order valence-corrected chi connectivity index (χ4v) is 2.37. The topological polar surface area (TPSA) is 76.4 Å². The van der Waals surface area contributed by atoms with Gasteiger partial charge in [0.05, 0.1) is 19.2 Å².